The zero-order valence-electron chi connectivity index (χ0n) is 11.7. The normalized spacial score (nSPS) is 27.6. The van der Waals surface area contributed by atoms with Crippen LogP contribution >= 0.6 is 11.3 Å². The molecule has 1 aromatic rings. The van der Waals surface area contributed by atoms with Crippen molar-refractivity contribution in [2.45, 2.75) is 38.3 Å². The minimum Gasteiger partial charge on any atom is -0.376 e. The molecule has 0 spiro atoms. The molecule has 0 N–H and O–H groups in total. The molecule has 2 saturated heterocycles. The number of hydrogen-bond acceptors (Lipinski definition) is 5. The fraction of sp³-hybridized carbons (Fsp3) is 0.714. The van der Waals surface area contributed by atoms with E-state index in [2.05, 4.69) is 4.98 Å². The highest BCUT2D eigenvalue weighted by Gasteiger charge is 2.35. The molecule has 1 aromatic heterocycles. The van der Waals surface area contributed by atoms with Crippen LogP contribution in [0.25, 0.3) is 0 Å². The Balaban J connectivity index is 1.76. The Morgan fingerprint density at radius 1 is 1.45 bits per heavy atom. The lowest BCUT2D eigenvalue weighted by Gasteiger charge is -2.37. The van der Waals surface area contributed by atoms with Gasteiger partial charge in [0.2, 0.25) is 0 Å². The number of piperidine rings is 1. The molecule has 5 nitrogen and oxygen atoms in total. The van der Waals surface area contributed by atoms with Crippen LogP contribution in [0.15, 0.2) is 5.38 Å². The second-order valence-electron chi connectivity index (χ2n) is 5.30. The maximum absolute atomic E-state index is 12.6. The molecule has 2 aliphatic rings. The number of ether oxygens (including phenoxy) is 2. The van der Waals surface area contributed by atoms with Crippen LogP contribution in [0.3, 0.4) is 0 Å². The van der Waals surface area contributed by atoms with Gasteiger partial charge in [-0.25, -0.2) is 4.98 Å². The first kappa shape index (κ1) is 14.0. The quantitative estimate of drug-likeness (QED) is 0.836. The Labute approximate surface area is 122 Å². The van der Waals surface area contributed by atoms with Crippen LogP contribution < -0.4 is 0 Å². The van der Waals surface area contributed by atoms with E-state index in [9.17, 15) is 4.79 Å². The summed E-state index contributed by atoms with van der Waals surface area (Å²) in [5.41, 5.74) is 1.03. The molecule has 0 aliphatic carbocycles. The van der Waals surface area contributed by atoms with Crippen LogP contribution in [-0.4, -0.2) is 48.3 Å². The van der Waals surface area contributed by atoms with E-state index in [4.69, 9.17) is 9.47 Å². The van der Waals surface area contributed by atoms with Crippen LogP contribution in [-0.2, 0) is 14.3 Å². The Bertz CT molecular complexity index is 471. The molecule has 2 unspecified atom stereocenters. The van der Waals surface area contributed by atoms with Crippen molar-refractivity contribution in [1.29, 1.82) is 0 Å². The lowest BCUT2D eigenvalue weighted by molar-refractivity contribution is -0.161. The van der Waals surface area contributed by atoms with Crippen molar-refractivity contribution in [2.24, 2.45) is 0 Å². The number of carbonyl (C=O) groups is 1. The molecule has 2 aliphatic heterocycles. The molecule has 6 heteroatoms. The fourth-order valence-electron chi connectivity index (χ4n) is 2.79. The van der Waals surface area contributed by atoms with E-state index in [1.807, 2.05) is 17.2 Å². The van der Waals surface area contributed by atoms with Crippen molar-refractivity contribution >= 4 is 17.2 Å². The molecule has 3 heterocycles. The van der Waals surface area contributed by atoms with Gasteiger partial charge in [-0.1, -0.05) is 0 Å². The molecule has 0 radical (unpaired) electrons. The van der Waals surface area contributed by atoms with Gasteiger partial charge >= 0.3 is 0 Å². The Morgan fingerprint density at radius 2 is 2.35 bits per heavy atom. The largest absolute Gasteiger partial charge is 0.376 e. The smallest absolute Gasteiger partial charge is 0.254 e. The highest BCUT2D eigenvalue weighted by molar-refractivity contribution is 7.09. The van der Waals surface area contributed by atoms with Gasteiger partial charge in [-0.3, -0.25) is 4.79 Å². The van der Waals surface area contributed by atoms with Gasteiger partial charge in [0.1, 0.15) is 5.01 Å². The number of aromatic nitrogens is 1. The predicted octanol–water partition coefficient (Wildman–Crippen LogP) is 1.92. The van der Waals surface area contributed by atoms with Gasteiger partial charge in [-0.15, -0.1) is 11.3 Å². The second-order valence-corrected chi connectivity index (χ2v) is 6.19. The monoisotopic (exact) mass is 296 g/mol. The molecule has 0 saturated carbocycles. The van der Waals surface area contributed by atoms with Gasteiger partial charge < -0.3 is 14.4 Å². The second kappa shape index (κ2) is 6.20. The van der Waals surface area contributed by atoms with E-state index >= 15 is 0 Å². The van der Waals surface area contributed by atoms with Crippen molar-refractivity contribution in [1.82, 2.24) is 9.88 Å². The first-order valence-electron chi connectivity index (χ1n) is 7.17. The Morgan fingerprint density at radius 3 is 3.05 bits per heavy atom. The van der Waals surface area contributed by atoms with E-state index < -0.39 is 6.10 Å². The molecule has 20 heavy (non-hydrogen) atoms. The third-order valence-corrected chi connectivity index (χ3v) is 4.86. The van der Waals surface area contributed by atoms with E-state index in [1.54, 1.807) is 11.3 Å². The third-order valence-electron chi connectivity index (χ3n) is 3.80. The number of nitrogens with zero attached hydrogens (tertiary/aromatic N) is 2. The minimum atomic E-state index is -0.439. The number of carbonyl (C=O) groups excluding carboxylic acids is 1. The maximum Gasteiger partial charge on any atom is 0.254 e. The number of hydrogen-bond donors (Lipinski definition) is 0. The lowest BCUT2D eigenvalue weighted by Crippen LogP contribution is -2.48. The zero-order valence-corrected chi connectivity index (χ0v) is 12.5. The summed E-state index contributed by atoms with van der Waals surface area (Å²) >= 11 is 1.65. The van der Waals surface area contributed by atoms with Crippen molar-refractivity contribution < 1.29 is 14.3 Å². The first-order valence-corrected chi connectivity index (χ1v) is 8.05. The van der Waals surface area contributed by atoms with Gasteiger partial charge in [0, 0.05) is 17.6 Å². The average molecular weight is 296 g/mol. The van der Waals surface area contributed by atoms with Gasteiger partial charge in [-0.05, 0) is 26.2 Å². The van der Waals surface area contributed by atoms with Gasteiger partial charge in [0.05, 0.1) is 25.9 Å². The molecule has 2 atom stereocenters. The summed E-state index contributed by atoms with van der Waals surface area (Å²) in [7, 11) is 0. The summed E-state index contributed by atoms with van der Waals surface area (Å²) in [5, 5.41) is 3.10. The molecule has 1 amide bonds. The average Bonchev–Trinajstić information content (AvgIpc) is 2.94. The zero-order chi connectivity index (χ0) is 13.9. The topological polar surface area (TPSA) is 51.7 Å². The van der Waals surface area contributed by atoms with Crippen molar-refractivity contribution in [3.8, 4) is 0 Å². The van der Waals surface area contributed by atoms with Crippen molar-refractivity contribution in [2.75, 3.05) is 26.4 Å². The standard InChI is InChI=1S/C14H20N2O3S/c1-10-9-20-13(15-10)11-4-2-3-5-16(11)14(17)12-8-18-6-7-19-12/h9,11-12H,2-8H2,1H3. The predicted molar refractivity (Wildman–Crippen MR) is 75.7 cm³/mol. The summed E-state index contributed by atoms with van der Waals surface area (Å²) in [6, 6.07) is 0.112. The number of amides is 1. The summed E-state index contributed by atoms with van der Waals surface area (Å²) < 4.78 is 10.9. The van der Waals surface area contributed by atoms with Crippen LogP contribution in [0.4, 0.5) is 0 Å². The number of aryl methyl sites for hydroxylation is 1. The first-order chi connectivity index (χ1) is 9.75. The number of rotatable bonds is 2. The molecular formula is C14H20N2O3S. The number of thiazole rings is 1. The summed E-state index contributed by atoms with van der Waals surface area (Å²) in [6.07, 6.45) is 2.76. The van der Waals surface area contributed by atoms with E-state index in [0.29, 0.717) is 19.8 Å². The Kier molecular flexibility index (Phi) is 4.33. The minimum absolute atomic E-state index is 0.0576. The van der Waals surface area contributed by atoms with Gasteiger partial charge in [0.25, 0.3) is 5.91 Å². The van der Waals surface area contributed by atoms with Gasteiger partial charge in [0.15, 0.2) is 6.10 Å². The van der Waals surface area contributed by atoms with E-state index in [-0.39, 0.29) is 11.9 Å². The van der Waals surface area contributed by atoms with Crippen LogP contribution in [0.5, 0.6) is 0 Å². The fourth-order valence-corrected chi connectivity index (χ4v) is 3.74. The van der Waals surface area contributed by atoms with Crippen molar-refractivity contribution in [3.63, 3.8) is 0 Å². The third kappa shape index (κ3) is 2.87. The maximum atomic E-state index is 12.6. The molecular weight excluding hydrogens is 276 g/mol. The SMILES string of the molecule is Cc1csc(C2CCCCN2C(=O)C2COCCO2)n1. The molecule has 3 rings (SSSR count). The molecule has 0 bridgehead atoms. The number of likely N-dealkylation sites (tertiary alicyclic amines) is 1. The molecule has 0 aromatic carbocycles. The van der Waals surface area contributed by atoms with E-state index in [0.717, 1.165) is 36.5 Å². The van der Waals surface area contributed by atoms with Crippen LogP contribution in [0.2, 0.25) is 0 Å². The van der Waals surface area contributed by atoms with Crippen LogP contribution in [0, 0.1) is 6.92 Å². The molecule has 2 fully saturated rings. The van der Waals surface area contributed by atoms with Crippen LogP contribution in [0.1, 0.15) is 36.0 Å². The molecule has 110 valence electrons. The van der Waals surface area contributed by atoms with Gasteiger partial charge in [-0.2, -0.15) is 0 Å². The van der Waals surface area contributed by atoms with E-state index in [1.165, 1.54) is 0 Å². The summed E-state index contributed by atoms with van der Waals surface area (Å²) in [6.45, 7) is 4.25. The summed E-state index contributed by atoms with van der Waals surface area (Å²) in [5.74, 6) is 0.0576. The highest BCUT2D eigenvalue weighted by atomic mass is 32.1. The highest BCUT2D eigenvalue weighted by Crippen LogP contribution is 2.33. The lowest BCUT2D eigenvalue weighted by atomic mass is 10.0. The van der Waals surface area contributed by atoms with Crippen molar-refractivity contribution in [3.05, 3.63) is 16.1 Å². The summed E-state index contributed by atoms with van der Waals surface area (Å²) in [4.78, 5) is 19.2. The Hall–Kier alpha value is -0.980.